The third-order valence-electron chi connectivity index (χ3n) is 4.23. The highest BCUT2D eigenvalue weighted by Crippen LogP contribution is 2.41. The summed E-state index contributed by atoms with van der Waals surface area (Å²) >= 11 is 1.12. The van der Waals surface area contributed by atoms with E-state index >= 15 is 0 Å². The Labute approximate surface area is 154 Å². The maximum Gasteiger partial charge on any atom is 0.250 e. The molecule has 0 saturated heterocycles. The molecule has 0 unspecified atom stereocenters. The number of primary amides is 1. The molecule has 2 aromatic carbocycles. The highest BCUT2D eigenvalue weighted by atomic mass is 32.2. The third-order valence-corrected chi connectivity index (χ3v) is 5.35. The van der Waals surface area contributed by atoms with Crippen LogP contribution in [0.5, 0.6) is 0 Å². The second kappa shape index (κ2) is 6.41. The van der Waals surface area contributed by atoms with E-state index in [4.69, 9.17) is 5.73 Å². The highest BCUT2D eigenvalue weighted by Gasteiger charge is 2.30. The average molecular weight is 393 g/mol. The predicted octanol–water partition coefficient (Wildman–Crippen LogP) is 4.36. The molecule has 9 heteroatoms. The molecule has 4 nitrogen and oxygen atoms in total. The van der Waals surface area contributed by atoms with Gasteiger partial charge in [0.05, 0.1) is 22.2 Å². The minimum Gasteiger partial charge on any atom is -0.366 e. The number of fused-ring (bicyclic) bond motifs is 1. The summed E-state index contributed by atoms with van der Waals surface area (Å²) < 4.78 is 58.4. The first-order valence-electron chi connectivity index (χ1n) is 7.88. The van der Waals surface area contributed by atoms with Crippen molar-refractivity contribution >= 4 is 33.6 Å². The Bertz CT molecular complexity index is 1110. The van der Waals surface area contributed by atoms with Gasteiger partial charge >= 0.3 is 0 Å². The fourth-order valence-electron chi connectivity index (χ4n) is 3.00. The maximum atomic E-state index is 14.7. The maximum absolute atomic E-state index is 14.7. The molecule has 3 N–H and O–H groups in total. The molecule has 0 aliphatic carbocycles. The molecule has 0 radical (unpaired) electrons. The number of nitrogens with two attached hydrogens (primary N) is 1. The fraction of sp³-hybridized carbons (Fsp3) is 0.111. The standard InChI is InChI=1S/C18H11F4N3OS/c19-12-10(9-5-2-6-27-9)13(20)15(22)11(14(12)21)18-24-8-4-1-3-7(17(23)26)16(8)25-18/h1,3-5H,2,6H2,(H2,23,26)(H,24,25). The van der Waals surface area contributed by atoms with Gasteiger partial charge < -0.3 is 10.7 Å². The number of nitrogens with zero attached hydrogens (tertiary/aromatic N) is 1. The molecule has 1 amide bonds. The summed E-state index contributed by atoms with van der Waals surface area (Å²) in [5, 5.41) is 0. The SMILES string of the molecule is NC(=O)c1cccc2[nH]c(-c3c(F)c(F)c(C4=CCCS4)c(F)c3F)nc12. The molecule has 3 aromatic rings. The van der Waals surface area contributed by atoms with Crippen LogP contribution in [-0.2, 0) is 0 Å². The van der Waals surface area contributed by atoms with Gasteiger partial charge in [-0.2, -0.15) is 0 Å². The number of carbonyl (C=O) groups excluding carboxylic acids is 1. The summed E-state index contributed by atoms with van der Waals surface area (Å²) in [6, 6.07) is 4.37. The molecule has 0 bridgehead atoms. The first-order chi connectivity index (χ1) is 12.9. The fourth-order valence-corrected chi connectivity index (χ4v) is 4.01. The van der Waals surface area contributed by atoms with Gasteiger partial charge in [-0.1, -0.05) is 12.1 Å². The lowest BCUT2D eigenvalue weighted by atomic mass is 10.1. The minimum absolute atomic E-state index is 0.0147. The number of carbonyl (C=O) groups is 1. The zero-order chi connectivity index (χ0) is 19.3. The molecule has 0 spiro atoms. The van der Waals surface area contributed by atoms with Crippen molar-refractivity contribution < 1.29 is 22.4 Å². The summed E-state index contributed by atoms with van der Waals surface area (Å²) in [7, 11) is 0. The van der Waals surface area contributed by atoms with Crippen LogP contribution in [0, 0.1) is 23.3 Å². The summed E-state index contributed by atoms with van der Waals surface area (Å²) in [6.07, 6.45) is 2.09. The number of halogens is 4. The van der Waals surface area contributed by atoms with Crippen molar-refractivity contribution in [1.29, 1.82) is 0 Å². The lowest BCUT2D eigenvalue weighted by Gasteiger charge is -2.11. The lowest BCUT2D eigenvalue weighted by molar-refractivity contribution is 0.100. The Kier molecular flexibility index (Phi) is 4.18. The number of nitrogens with one attached hydrogen (secondary N) is 1. The van der Waals surface area contributed by atoms with Crippen LogP contribution in [0.2, 0.25) is 0 Å². The molecule has 4 rings (SSSR count). The van der Waals surface area contributed by atoms with Crippen LogP contribution >= 0.6 is 11.8 Å². The van der Waals surface area contributed by atoms with Crippen LogP contribution in [0.1, 0.15) is 22.3 Å². The molecule has 1 aliphatic heterocycles. The van der Waals surface area contributed by atoms with Crippen molar-refractivity contribution in [2.45, 2.75) is 6.42 Å². The third kappa shape index (κ3) is 2.69. The van der Waals surface area contributed by atoms with E-state index in [1.54, 1.807) is 0 Å². The number of aromatic nitrogens is 2. The van der Waals surface area contributed by atoms with Gasteiger partial charge in [0, 0.05) is 10.7 Å². The number of thioether (sulfide) groups is 1. The lowest BCUT2D eigenvalue weighted by Crippen LogP contribution is -2.11. The molecule has 138 valence electrons. The van der Waals surface area contributed by atoms with E-state index in [1.165, 1.54) is 24.3 Å². The Hall–Kier alpha value is -2.81. The van der Waals surface area contributed by atoms with E-state index in [0.29, 0.717) is 12.2 Å². The number of imidazole rings is 1. The molecule has 1 aromatic heterocycles. The van der Waals surface area contributed by atoms with Crippen molar-refractivity contribution in [2.75, 3.05) is 5.75 Å². The molecule has 0 fully saturated rings. The zero-order valence-corrected chi connectivity index (χ0v) is 14.4. The summed E-state index contributed by atoms with van der Waals surface area (Å²) in [5.74, 6) is -6.74. The van der Waals surface area contributed by atoms with Crippen LogP contribution in [-0.4, -0.2) is 21.6 Å². The summed E-state index contributed by atoms with van der Waals surface area (Å²) in [4.78, 5) is 18.2. The van der Waals surface area contributed by atoms with Gasteiger partial charge in [0.2, 0.25) is 0 Å². The molecule has 1 aliphatic rings. The van der Waals surface area contributed by atoms with E-state index < -0.39 is 46.1 Å². The molecule has 0 saturated carbocycles. The quantitative estimate of drug-likeness (QED) is 0.513. The van der Waals surface area contributed by atoms with Gasteiger partial charge in [-0.3, -0.25) is 4.79 Å². The van der Waals surface area contributed by atoms with E-state index in [-0.39, 0.29) is 21.5 Å². The van der Waals surface area contributed by atoms with Crippen LogP contribution in [0.25, 0.3) is 27.3 Å². The highest BCUT2D eigenvalue weighted by molar-refractivity contribution is 8.08. The molecule has 0 atom stereocenters. The Morgan fingerprint density at radius 1 is 1.07 bits per heavy atom. The van der Waals surface area contributed by atoms with E-state index in [2.05, 4.69) is 9.97 Å². The number of para-hydroxylation sites is 1. The number of H-pyrrole nitrogens is 1. The van der Waals surface area contributed by atoms with Gasteiger partial charge in [0.1, 0.15) is 11.3 Å². The number of hydrogen-bond acceptors (Lipinski definition) is 3. The van der Waals surface area contributed by atoms with Gasteiger partial charge in [-0.25, -0.2) is 22.5 Å². The number of amides is 1. The van der Waals surface area contributed by atoms with E-state index in [9.17, 15) is 22.4 Å². The molecular weight excluding hydrogens is 382 g/mol. The Balaban J connectivity index is 1.96. The number of allylic oxidation sites excluding steroid dienone is 1. The van der Waals surface area contributed by atoms with Gasteiger partial charge in [0.25, 0.3) is 5.91 Å². The van der Waals surface area contributed by atoms with E-state index in [0.717, 1.165) is 11.8 Å². The van der Waals surface area contributed by atoms with Crippen LogP contribution in [0.3, 0.4) is 0 Å². The van der Waals surface area contributed by atoms with Crippen LogP contribution in [0.4, 0.5) is 17.6 Å². The first-order valence-corrected chi connectivity index (χ1v) is 8.87. The summed E-state index contributed by atoms with van der Waals surface area (Å²) in [6.45, 7) is 0. The zero-order valence-electron chi connectivity index (χ0n) is 13.6. The number of benzene rings is 2. The van der Waals surface area contributed by atoms with E-state index in [1.807, 2.05) is 0 Å². The predicted molar refractivity (Wildman–Crippen MR) is 94.9 cm³/mol. The number of hydrogen-bond donors (Lipinski definition) is 2. The number of rotatable bonds is 3. The topological polar surface area (TPSA) is 71.8 Å². The smallest absolute Gasteiger partial charge is 0.250 e. The number of aromatic amines is 1. The largest absolute Gasteiger partial charge is 0.366 e. The van der Waals surface area contributed by atoms with Gasteiger partial charge in [-0.15, -0.1) is 11.8 Å². The summed E-state index contributed by atoms with van der Waals surface area (Å²) in [5.41, 5.74) is 3.89. The average Bonchev–Trinajstić information content (AvgIpc) is 3.29. The van der Waals surface area contributed by atoms with Crippen molar-refractivity contribution in [3.8, 4) is 11.4 Å². The second-order valence-electron chi connectivity index (χ2n) is 5.86. The van der Waals surface area contributed by atoms with Crippen LogP contribution < -0.4 is 5.73 Å². The minimum atomic E-state index is -1.56. The normalized spacial score (nSPS) is 14.0. The molecule has 2 heterocycles. The van der Waals surface area contributed by atoms with Crippen molar-refractivity contribution in [3.05, 3.63) is 58.7 Å². The Morgan fingerprint density at radius 2 is 1.74 bits per heavy atom. The van der Waals surface area contributed by atoms with Crippen LogP contribution in [0.15, 0.2) is 24.3 Å². The Morgan fingerprint density at radius 3 is 2.33 bits per heavy atom. The molecular formula is C18H11F4N3OS. The van der Waals surface area contributed by atoms with Gasteiger partial charge in [-0.05, 0) is 18.6 Å². The first kappa shape index (κ1) is 17.6. The van der Waals surface area contributed by atoms with Crippen molar-refractivity contribution in [3.63, 3.8) is 0 Å². The second-order valence-corrected chi connectivity index (χ2v) is 7.00. The monoisotopic (exact) mass is 393 g/mol. The van der Waals surface area contributed by atoms with Crippen molar-refractivity contribution in [1.82, 2.24) is 9.97 Å². The molecule has 27 heavy (non-hydrogen) atoms. The van der Waals surface area contributed by atoms with Gasteiger partial charge in [0.15, 0.2) is 23.3 Å². The van der Waals surface area contributed by atoms with Crippen molar-refractivity contribution in [2.24, 2.45) is 5.73 Å².